The number of nitrogens with two attached hydrogens (primary N) is 1. The third-order valence-electron chi connectivity index (χ3n) is 4.63. The molecule has 0 bridgehead atoms. The summed E-state index contributed by atoms with van der Waals surface area (Å²) < 4.78 is 17.9. The second-order valence-electron chi connectivity index (χ2n) is 6.99. The van der Waals surface area contributed by atoms with Crippen molar-refractivity contribution in [1.82, 2.24) is 0 Å². The summed E-state index contributed by atoms with van der Waals surface area (Å²) in [5.41, 5.74) is 5.62. The molecule has 1 aromatic rings. The Morgan fingerprint density at radius 3 is 2.32 bits per heavy atom. The third kappa shape index (κ3) is 2.61. The minimum atomic E-state index is -0.629. The highest BCUT2D eigenvalue weighted by atomic mass is 16.7. The van der Waals surface area contributed by atoms with Crippen molar-refractivity contribution in [3.63, 3.8) is 0 Å². The fraction of sp³-hybridized carbons (Fsp3) is 0.562. The first-order valence-electron chi connectivity index (χ1n) is 7.66. The highest BCUT2D eigenvalue weighted by Crippen LogP contribution is 2.37. The molecule has 2 fully saturated rings. The van der Waals surface area contributed by atoms with Gasteiger partial charge in [-0.3, -0.25) is 4.79 Å². The van der Waals surface area contributed by atoms with Crippen LogP contribution in [0.4, 0.5) is 0 Å². The summed E-state index contributed by atoms with van der Waals surface area (Å²) in [5, 5.41) is 0. The van der Waals surface area contributed by atoms with Gasteiger partial charge in [0.05, 0.1) is 22.9 Å². The normalized spacial score (nSPS) is 22.6. The fourth-order valence-electron chi connectivity index (χ4n) is 2.44. The van der Waals surface area contributed by atoms with Gasteiger partial charge in [-0.1, -0.05) is 12.1 Å². The average Bonchev–Trinajstić information content (AvgIpc) is 3.16. The van der Waals surface area contributed by atoms with Gasteiger partial charge in [0.25, 0.3) is 5.91 Å². The van der Waals surface area contributed by atoms with Crippen LogP contribution in [-0.2, 0) is 9.31 Å². The van der Waals surface area contributed by atoms with Crippen LogP contribution >= 0.6 is 0 Å². The van der Waals surface area contributed by atoms with Gasteiger partial charge in [0.15, 0.2) is 0 Å². The average molecular weight is 303 g/mol. The molecule has 2 N–H and O–H groups in total. The van der Waals surface area contributed by atoms with Gasteiger partial charge in [-0.2, -0.15) is 0 Å². The summed E-state index contributed by atoms with van der Waals surface area (Å²) in [7, 11) is -0.629. The Balaban J connectivity index is 1.98. The van der Waals surface area contributed by atoms with Crippen molar-refractivity contribution in [2.45, 2.75) is 57.8 Å². The van der Waals surface area contributed by atoms with Crippen LogP contribution < -0.4 is 15.9 Å². The molecule has 1 aliphatic carbocycles. The van der Waals surface area contributed by atoms with E-state index >= 15 is 0 Å². The largest absolute Gasteiger partial charge is 0.495 e. The molecule has 118 valence electrons. The molecule has 0 unspecified atom stereocenters. The van der Waals surface area contributed by atoms with Crippen LogP contribution in [0.1, 0.15) is 50.9 Å². The van der Waals surface area contributed by atoms with Gasteiger partial charge in [0.2, 0.25) is 0 Å². The number of hydrogen-bond acceptors (Lipinski definition) is 4. The maximum Gasteiger partial charge on any atom is 0.495 e. The fourth-order valence-corrected chi connectivity index (χ4v) is 2.44. The number of hydrogen-bond donors (Lipinski definition) is 1. The lowest BCUT2D eigenvalue weighted by Gasteiger charge is -2.32. The van der Waals surface area contributed by atoms with Crippen LogP contribution in [0.5, 0.6) is 5.75 Å². The van der Waals surface area contributed by atoms with E-state index in [1.807, 2.05) is 39.8 Å². The predicted octanol–water partition coefficient (Wildman–Crippen LogP) is 1.63. The number of ether oxygens (including phenoxy) is 1. The van der Waals surface area contributed by atoms with E-state index in [1.165, 1.54) is 0 Å². The van der Waals surface area contributed by atoms with E-state index < -0.39 is 24.2 Å². The van der Waals surface area contributed by atoms with E-state index in [1.54, 1.807) is 6.07 Å². The minimum absolute atomic E-state index is 0.187. The Kier molecular flexibility index (Phi) is 3.49. The zero-order chi connectivity index (χ0) is 16.1. The number of carbonyl (C=O) groups excluding carboxylic acids is 1. The number of amides is 1. The van der Waals surface area contributed by atoms with E-state index in [-0.39, 0.29) is 6.10 Å². The first-order valence-corrected chi connectivity index (χ1v) is 7.66. The molecule has 22 heavy (non-hydrogen) atoms. The van der Waals surface area contributed by atoms with Gasteiger partial charge >= 0.3 is 7.12 Å². The Bertz CT molecular complexity index is 594. The molecule has 0 spiro atoms. The Morgan fingerprint density at radius 1 is 1.23 bits per heavy atom. The van der Waals surface area contributed by atoms with Gasteiger partial charge in [-0.25, -0.2) is 0 Å². The van der Waals surface area contributed by atoms with Crippen molar-refractivity contribution in [1.29, 1.82) is 0 Å². The lowest BCUT2D eigenvalue weighted by molar-refractivity contribution is 0.00578. The van der Waals surface area contributed by atoms with Gasteiger partial charge in [0.1, 0.15) is 5.75 Å². The lowest BCUT2D eigenvalue weighted by Crippen LogP contribution is -2.41. The maximum absolute atomic E-state index is 12.0. The van der Waals surface area contributed by atoms with Crippen LogP contribution in [0.15, 0.2) is 18.2 Å². The lowest BCUT2D eigenvalue weighted by atomic mass is 9.75. The third-order valence-corrected chi connectivity index (χ3v) is 4.63. The number of primary amides is 1. The molecular weight excluding hydrogens is 281 g/mol. The van der Waals surface area contributed by atoms with Crippen molar-refractivity contribution >= 4 is 18.5 Å². The van der Waals surface area contributed by atoms with E-state index in [0.29, 0.717) is 16.8 Å². The second-order valence-corrected chi connectivity index (χ2v) is 6.99. The molecule has 1 saturated heterocycles. The summed E-state index contributed by atoms with van der Waals surface area (Å²) in [4.78, 5) is 12.0. The molecule has 5 nitrogen and oxygen atoms in total. The minimum Gasteiger partial charge on any atom is -0.490 e. The zero-order valence-electron chi connectivity index (χ0n) is 13.5. The van der Waals surface area contributed by atoms with E-state index in [4.69, 9.17) is 19.8 Å². The molecule has 1 heterocycles. The molecular formula is C16H22BNO4. The molecule has 1 aliphatic heterocycles. The van der Waals surface area contributed by atoms with Crippen LogP contribution in [0.2, 0.25) is 0 Å². The van der Waals surface area contributed by atoms with Gasteiger partial charge < -0.3 is 19.8 Å². The van der Waals surface area contributed by atoms with Gasteiger partial charge in [-0.15, -0.1) is 0 Å². The first kappa shape index (κ1) is 15.4. The van der Waals surface area contributed by atoms with Crippen LogP contribution in [0.25, 0.3) is 0 Å². The van der Waals surface area contributed by atoms with Crippen molar-refractivity contribution in [2.75, 3.05) is 0 Å². The van der Waals surface area contributed by atoms with Gasteiger partial charge in [-0.05, 0) is 52.1 Å². The smallest absolute Gasteiger partial charge is 0.490 e. The summed E-state index contributed by atoms with van der Waals surface area (Å²) in [5.74, 6) is -0.0109. The molecule has 0 radical (unpaired) electrons. The van der Waals surface area contributed by atoms with Crippen LogP contribution in [-0.4, -0.2) is 30.3 Å². The molecule has 0 aromatic heterocycles. The molecule has 1 aromatic carbocycles. The highest BCUT2D eigenvalue weighted by Gasteiger charge is 2.52. The van der Waals surface area contributed by atoms with Crippen molar-refractivity contribution in [3.05, 3.63) is 23.8 Å². The monoisotopic (exact) mass is 303 g/mol. The van der Waals surface area contributed by atoms with E-state index in [0.717, 1.165) is 12.8 Å². The summed E-state index contributed by atoms with van der Waals surface area (Å²) in [6, 6.07) is 5.42. The molecule has 6 heteroatoms. The summed E-state index contributed by atoms with van der Waals surface area (Å²) in [6.45, 7) is 7.89. The van der Waals surface area contributed by atoms with E-state index in [9.17, 15) is 4.79 Å². The zero-order valence-corrected chi connectivity index (χ0v) is 13.5. The quantitative estimate of drug-likeness (QED) is 0.858. The van der Waals surface area contributed by atoms with Crippen LogP contribution in [0.3, 0.4) is 0 Å². The number of carbonyl (C=O) groups is 1. The van der Waals surface area contributed by atoms with Crippen molar-refractivity contribution < 1.29 is 18.8 Å². The van der Waals surface area contributed by atoms with E-state index in [2.05, 4.69) is 0 Å². The SMILES string of the molecule is CC1(C)OB(c2cccc(OC3CC3)c2C(N)=O)OC1(C)C. The predicted molar refractivity (Wildman–Crippen MR) is 84.3 cm³/mol. The molecule has 1 saturated carbocycles. The first-order chi connectivity index (χ1) is 10.2. The Morgan fingerprint density at radius 2 is 1.82 bits per heavy atom. The van der Waals surface area contributed by atoms with Gasteiger partial charge in [0, 0.05) is 0 Å². The standard InChI is InChI=1S/C16H22BNO4/c1-15(2)16(3,4)22-17(21-15)11-6-5-7-12(13(11)14(18)19)20-10-8-9-10/h5-7,10H,8-9H2,1-4H3,(H2,18,19). The maximum atomic E-state index is 12.0. The Hall–Kier alpha value is -1.53. The molecule has 3 rings (SSSR count). The second kappa shape index (κ2) is 5.00. The van der Waals surface area contributed by atoms with Crippen molar-refractivity contribution in [3.8, 4) is 5.75 Å². The highest BCUT2D eigenvalue weighted by molar-refractivity contribution is 6.63. The number of rotatable bonds is 4. The van der Waals surface area contributed by atoms with Crippen LogP contribution in [0, 0.1) is 0 Å². The molecule has 0 atom stereocenters. The Labute approximate surface area is 131 Å². The van der Waals surface area contributed by atoms with Crippen molar-refractivity contribution in [2.24, 2.45) is 5.73 Å². The number of benzene rings is 1. The summed E-state index contributed by atoms with van der Waals surface area (Å²) >= 11 is 0. The molecule has 1 amide bonds. The topological polar surface area (TPSA) is 70.8 Å². The molecule has 2 aliphatic rings. The summed E-state index contributed by atoms with van der Waals surface area (Å²) in [6.07, 6.45) is 2.21.